The van der Waals surface area contributed by atoms with Gasteiger partial charge in [0, 0.05) is 13.5 Å². The Kier molecular flexibility index (Phi) is 7.78. The molecule has 0 rings (SSSR count). The van der Waals surface area contributed by atoms with Crippen molar-refractivity contribution in [2.24, 2.45) is 0 Å². The Morgan fingerprint density at radius 3 is 2.53 bits per heavy atom. The lowest BCUT2D eigenvalue weighted by molar-refractivity contribution is -0.176. The molecule has 1 atom stereocenters. The molecule has 1 unspecified atom stereocenters. The minimum absolute atomic E-state index is 0.209. The largest absolute Gasteiger partial charge is 0.531 e. The maximum absolute atomic E-state index is 10.9. The summed E-state index contributed by atoms with van der Waals surface area (Å²) in [5, 5.41) is 0. The van der Waals surface area contributed by atoms with Gasteiger partial charge in [0.2, 0.25) is 0 Å². The van der Waals surface area contributed by atoms with Crippen LogP contribution in [-0.4, -0.2) is 32.1 Å². The fourth-order valence-electron chi connectivity index (χ4n) is 0.658. The predicted octanol–water partition coefficient (Wildman–Crippen LogP) is 0.415. The lowest BCUT2D eigenvalue weighted by atomic mass is 10.5. The Balaban J connectivity index is 3.91. The van der Waals surface area contributed by atoms with E-state index in [4.69, 9.17) is 4.74 Å². The maximum Gasteiger partial charge on any atom is 0.531 e. The minimum Gasteiger partial charge on any atom is -0.423 e. The first kappa shape index (κ1) is 14.0. The number of thiol groups is 1. The van der Waals surface area contributed by atoms with Crippen LogP contribution in [0.3, 0.4) is 0 Å². The Morgan fingerprint density at radius 2 is 2.07 bits per heavy atom. The minimum atomic E-state index is -1.04. The number of nitrogens with one attached hydrogen (secondary N) is 1. The summed E-state index contributed by atoms with van der Waals surface area (Å²) in [6, 6.07) is 0. The zero-order valence-electron chi connectivity index (χ0n) is 8.39. The lowest BCUT2D eigenvalue weighted by Gasteiger charge is -2.15. The average molecular weight is 239 g/mol. The Hall–Kier alpha value is -0.990. The molecule has 15 heavy (non-hydrogen) atoms. The van der Waals surface area contributed by atoms with Crippen LogP contribution in [0.4, 0.5) is 4.79 Å². The van der Waals surface area contributed by atoms with E-state index in [-0.39, 0.29) is 6.61 Å². The Labute approximate surface area is 92.5 Å². The van der Waals surface area contributed by atoms with Gasteiger partial charge in [0.15, 0.2) is 0 Å². The van der Waals surface area contributed by atoms with E-state index in [1.54, 1.807) is 6.92 Å². The number of esters is 1. The maximum atomic E-state index is 10.9. The van der Waals surface area contributed by atoms with Gasteiger partial charge in [0.25, 0.3) is 6.29 Å². The van der Waals surface area contributed by atoms with E-state index in [0.717, 1.165) is 0 Å². The predicted molar refractivity (Wildman–Crippen MR) is 51.7 cm³/mol. The zero-order chi connectivity index (χ0) is 11.7. The fraction of sp³-hybridized carbons (Fsp3) is 0.714. The number of carbonyl (C=O) groups excluding carboxylic acids is 2. The highest BCUT2D eigenvalue weighted by molar-refractivity contribution is 7.77. The molecule has 0 aromatic heterocycles. The number of carbonyl (C=O) groups is 2. The quantitative estimate of drug-likeness (QED) is 0.301. The third-order valence-electron chi connectivity index (χ3n) is 1.22. The van der Waals surface area contributed by atoms with Crippen molar-refractivity contribution in [2.45, 2.75) is 19.6 Å². The monoisotopic (exact) mass is 239 g/mol. The van der Waals surface area contributed by atoms with Crippen molar-refractivity contribution in [3.05, 3.63) is 0 Å². The summed E-state index contributed by atoms with van der Waals surface area (Å²) in [6.07, 6.45) is -1.74. The first-order valence-electron chi connectivity index (χ1n) is 4.09. The first-order chi connectivity index (χ1) is 7.13. The van der Waals surface area contributed by atoms with Crippen molar-refractivity contribution in [3.63, 3.8) is 0 Å². The standard InChI is InChI=1S/C7H13NO6S/c1-3-6(12-5(9)4-11-2)13-7(10)14-8-15/h6,8,15H,3-4H2,1-2H3. The van der Waals surface area contributed by atoms with Gasteiger partial charge in [-0.15, -0.1) is 0 Å². The topological polar surface area (TPSA) is 83.1 Å². The van der Waals surface area contributed by atoms with Crippen LogP contribution in [0.2, 0.25) is 0 Å². The van der Waals surface area contributed by atoms with Gasteiger partial charge in [-0.2, -0.15) is 0 Å². The van der Waals surface area contributed by atoms with E-state index < -0.39 is 18.4 Å². The number of methoxy groups -OCH3 is 1. The van der Waals surface area contributed by atoms with E-state index in [0.29, 0.717) is 6.42 Å². The summed E-state index contributed by atoms with van der Waals surface area (Å²) in [7, 11) is 1.35. The van der Waals surface area contributed by atoms with Gasteiger partial charge in [-0.05, 0) is 0 Å². The fourth-order valence-corrected chi connectivity index (χ4v) is 0.732. The van der Waals surface area contributed by atoms with Crippen molar-refractivity contribution in [2.75, 3.05) is 13.7 Å². The van der Waals surface area contributed by atoms with Gasteiger partial charge in [-0.25, -0.2) is 9.59 Å². The highest BCUT2D eigenvalue weighted by Crippen LogP contribution is 2.02. The highest BCUT2D eigenvalue weighted by Gasteiger charge is 2.17. The van der Waals surface area contributed by atoms with Crippen LogP contribution in [-0.2, 0) is 23.8 Å². The highest BCUT2D eigenvalue weighted by atomic mass is 32.1. The van der Waals surface area contributed by atoms with Crippen LogP contribution in [0, 0.1) is 0 Å². The molecule has 0 radical (unpaired) electrons. The van der Waals surface area contributed by atoms with Crippen LogP contribution >= 0.6 is 12.8 Å². The van der Waals surface area contributed by atoms with Gasteiger partial charge >= 0.3 is 12.1 Å². The molecule has 0 fully saturated rings. The molecule has 0 aromatic carbocycles. The van der Waals surface area contributed by atoms with E-state index in [2.05, 4.69) is 27.1 Å². The molecule has 0 bridgehead atoms. The number of ether oxygens (including phenoxy) is 3. The van der Waals surface area contributed by atoms with E-state index in [1.165, 1.54) is 7.11 Å². The molecule has 8 heteroatoms. The van der Waals surface area contributed by atoms with Gasteiger partial charge in [-0.3, -0.25) is 0 Å². The summed E-state index contributed by atoms with van der Waals surface area (Å²) < 4.78 is 13.8. The van der Waals surface area contributed by atoms with Gasteiger partial charge in [0.1, 0.15) is 6.61 Å². The van der Waals surface area contributed by atoms with Crippen molar-refractivity contribution in [3.8, 4) is 0 Å². The van der Waals surface area contributed by atoms with Crippen LogP contribution in [0.1, 0.15) is 13.3 Å². The van der Waals surface area contributed by atoms with Gasteiger partial charge < -0.3 is 19.0 Å². The summed E-state index contributed by atoms with van der Waals surface area (Å²) >= 11 is 3.41. The number of hydrogen-bond donors (Lipinski definition) is 2. The Bertz CT molecular complexity index is 192. The molecular weight excluding hydrogens is 226 g/mol. The summed E-state index contributed by atoms with van der Waals surface area (Å²) in [4.78, 5) is 27.7. The summed E-state index contributed by atoms with van der Waals surface area (Å²) in [5.41, 5.74) is 0. The first-order valence-corrected chi connectivity index (χ1v) is 4.53. The van der Waals surface area contributed by atoms with Crippen molar-refractivity contribution in [1.82, 2.24) is 4.89 Å². The normalized spacial score (nSPS) is 11.7. The molecule has 1 N–H and O–H groups in total. The molecular formula is C7H13NO6S. The molecule has 0 aliphatic heterocycles. The van der Waals surface area contributed by atoms with Crippen LogP contribution in [0.15, 0.2) is 0 Å². The second kappa shape index (κ2) is 8.33. The second-order valence-electron chi connectivity index (χ2n) is 2.32. The average Bonchev–Trinajstić information content (AvgIpc) is 2.17. The summed E-state index contributed by atoms with van der Waals surface area (Å²) in [5.74, 6) is -0.629. The third kappa shape index (κ3) is 7.00. The second-order valence-corrected chi connectivity index (χ2v) is 2.50. The van der Waals surface area contributed by atoms with E-state index >= 15 is 0 Å². The van der Waals surface area contributed by atoms with E-state index in [1.807, 2.05) is 4.89 Å². The van der Waals surface area contributed by atoms with Crippen molar-refractivity contribution < 1.29 is 28.6 Å². The van der Waals surface area contributed by atoms with Crippen molar-refractivity contribution >= 4 is 24.9 Å². The van der Waals surface area contributed by atoms with E-state index in [9.17, 15) is 9.59 Å². The number of rotatable bonds is 6. The van der Waals surface area contributed by atoms with Crippen molar-refractivity contribution in [1.29, 1.82) is 0 Å². The number of hydrogen-bond acceptors (Lipinski definition) is 8. The van der Waals surface area contributed by atoms with Gasteiger partial charge in [0.05, 0.1) is 0 Å². The molecule has 0 aliphatic carbocycles. The van der Waals surface area contributed by atoms with Gasteiger partial charge in [-0.1, -0.05) is 24.6 Å². The lowest BCUT2D eigenvalue weighted by Crippen LogP contribution is -2.27. The van der Waals surface area contributed by atoms with Crippen LogP contribution in [0.5, 0.6) is 0 Å². The molecule has 0 aliphatic rings. The zero-order valence-corrected chi connectivity index (χ0v) is 9.28. The molecule has 0 saturated carbocycles. The molecule has 88 valence electrons. The Morgan fingerprint density at radius 1 is 1.40 bits per heavy atom. The molecule has 0 amide bonds. The molecule has 0 spiro atoms. The molecule has 0 heterocycles. The molecule has 7 nitrogen and oxygen atoms in total. The third-order valence-corrected chi connectivity index (χ3v) is 1.31. The SMILES string of the molecule is CCC(OC(=O)COC)OC(=O)ONS. The van der Waals surface area contributed by atoms with Crippen LogP contribution in [0.25, 0.3) is 0 Å². The summed E-state index contributed by atoms with van der Waals surface area (Å²) in [6.45, 7) is 1.46. The molecule has 0 saturated heterocycles. The molecule has 0 aromatic rings. The van der Waals surface area contributed by atoms with Crippen LogP contribution < -0.4 is 4.89 Å². The smallest absolute Gasteiger partial charge is 0.423 e.